The third-order valence-electron chi connectivity index (χ3n) is 7.14. The van der Waals surface area contributed by atoms with Crippen molar-refractivity contribution in [3.63, 3.8) is 0 Å². The number of hydrogen-bond acceptors (Lipinski definition) is 2. The summed E-state index contributed by atoms with van der Waals surface area (Å²) in [6.45, 7) is 0. The van der Waals surface area contributed by atoms with Crippen molar-refractivity contribution in [2.45, 2.75) is 23.5 Å². The van der Waals surface area contributed by atoms with E-state index in [1.807, 2.05) is 152 Å². The molecule has 2 N–H and O–H groups in total. The van der Waals surface area contributed by atoms with E-state index in [9.17, 15) is 10.2 Å². The van der Waals surface area contributed by atoms with Crippen LogP contribution in [0, 0.1) is 0 Å². The van der Waals surface area contributed by atoms with Gasteiger partial charge in [0.2, 0.25) is 0 Å². The molecule has 0 spiro atoms. The largest absolute Gasteiger partial charge is 0.380 e. The molecule has 0 fully saturated rings. The predicted molar refractivity (Wildman–Crippen MR) is 146 cm³/mol. The van der Waals surface area contributed by atoms with E-state index in [0.717, 1.165) is 27.8 Å². The van der Waals surface area contributed by atoms with Crippen LogP contribution in [0.2, 0.25) is 0 Å². The summed E-state index contributed by atoms with van der Waals surface area (Å²) in [5, 5.41) is 25.3. The van der Waals surface area contributed by atoms with Gasteiger partial charge in [0.15, 0.2) is 0 Å². The molecule has 178 valence electrons. The first-order chi connectivity index (χ1) is 17.6. The Bertz CT molecular complexity index is 1270. The van der Waals surface area contributed by atoms with Crippen LogP contribution in [0.25, 0.3) is 0 Å². The summed E-state index contributed by atoms with van der Waals surface area (Å²) in [7, 11) is 0. The molecule has 5 rings (SSSR count). The van der Waals surface area contributed by atoms with Gasteiger partial charge in [-0.15, -0.1) is 0 Å². The Morgan fingerprint density at radius 2 is 0.722 bits per heavy atom. The summed E-state index contributed by atoms with van der Waals surface area (Å²) in [6.07, 6.45) is 0.269. The highest BCUT2D eigenvalue weighted by atomic mass is 16.3. The second-order valence-electron chi connectivity index (χ2n) is 9.26. The summed E-state index contributed by atoms with van der Waals surface area (Å²) in [4.78, 5) is 0. The highest BCUT2D eigenvalue weighted by Crippen LogP contribution is 2.49. The van der Waals surface area contributed by atoms with Gasteiger partial charge in [-0.2, -0.15) is 0 Å². The van der Waals surface area contributed by atoms with Crippen LogP contribution in [-0.4, -0.2) is 10.2 Å². The lowest BCUT2D eigenvalue weighted by Gasteiger charge is -2.42. The van der Waals surface area contributed by atoms with Crippen LogP contribution in [0.3, 0.4) is 0 Å². The molecular formula is C34H30O2. The molecule has 0 aromatic heterocycles. The van der Waals surface area contributed by atoms with E-state index in [0.29, 0.717) is 0 Å². The van der Waals surface area contributed by atoms with Gasteiger partial charge >= 0.3 is 0 Å². The first kappa shape index (κ1) is 23.7. The Morgan fingerprint density at radius 3 is 1.08 bits per heavy atom. The summed E-state index contributed by atoms with van der Waals surface area (Å²) in [6, 6.07) is 49.1. The van der Waals surface area contributed by atoms with Crippen molar-refractivity contribution >= 4 is 0 Å². The van der Waals surface area contributed by atoms with Crippen molar-refractivity contribution in [3.05, 3.63) is 179 Å². The Hall–Kier alpha value is -3.98. The van der Waals surface area contributed by atoms with E-state index in [1.54, 1.807) is 0 Å². The molecule has 0 saturated carbocycles. The second-order valence-corrected chi connectivity index (χ2v) is 9.26. The number of rotatable bonds is 8. The van der Waals surface area contributed by atoms with Crippen molar-refractivity contribution in [1.82, 2.24) is 0 Å². The van der Waals surface area contributed by atoms with Crippen LogP contribution in [0.5, 0.6) is 0 Å². The zero-order valence-corrected chi connectivity index (χ0v) is 20.1. The van der Waals surface area contributed by atoms with Crippen LogP contribution in [-0.2, 0) is 11.2 Å². The summed E-state index contributed by atoms with van der Waals surface area (Å²) < 4.78 is 0. The Morgan fingerprint density at radius 1 is 0.417 bits per heavy atom. The minimum absolute atomic E-state index is 0.269. The molecule has 5 aromatic rings. The van der Waals surface area contributed by atoms with Gasteiger partial charge in [0.1, 0.15) is 11.2 Å². The van der Waals surface area contributed by atoms with E-state index in [1.165, 1.54) is 0 Å². The minimum Gasteiger partial charge on any atom is -0.380 e. The van der Waals surface area contributed by atoms with Gasteiger partial charge in [-0.05, 0) is 34.2 Å². The maximum absolute atomic E-state index is 12.8. The molecule has 2 nitrogen and oxygen atoms in total. The SMILES string of the molecule is OC(CC(c1ccccc1)C(O)(c1ccccc1)c1ccccc1)(c1ccccc1)c1ccccc1. The van der Waals surface area contributed by atoms with Crippen LogP contribution >= 0.6 is 0 Å². The predicted octanol–water partition coefficient (Wildman–Crippen LogP) is 7.03. The maximum atomic E-state index is 12.8. The van der Waals surface area contributed by atoms with Crippen LogP contribution in [0.15, 0.2) is 152 Å². The Kier molecular flexibility index (Phi) is 6.81. The van der Waals surface area contributed by atoms with Gasteiger partial charge in [-0.25, -0.2) is 0 Å². The third kappa shape index (κ3) is 4.49. The summed E-state index contributed by atoms with van der Waals surface area (Å²) >= 11 is 0. The molecule has 0 aliphatic rings. The highest BCUT2D eigenvalue weighted by molar-refractivity contribution is 5.44. The molecule has 5 aromatic carbocycles. The van der Waals surface area contributed by atoms with Gasteiger partial charge in [0.05, 0.1) is 0 Å². The summed E-state index contributed by atoms with van der Waals surface area (Å²) in [5.41, 5.74) is 1.39. The lowest BCUT2D eigenvalue weighted by molar-refractivity contribution is -0.00377. The Labute approximate surface area is 213 Å². The molecular weight excluding hydrogens is 440 g/mol. The van der Waals surface area contributed by atoms with Crippen molar-refractivity contribution < 1.29 is 10.2 Å². The molecule has 1 unspecified atom stereocenters. The van der Waals surface area contributed by atoms with Crippen molar-refractivity contribution in [1.29, 1.82) is 0 Å². The molecule has 0 saturated heterocycles. The fraction of sp³-hybridized carbons (Fsp3) is 0.118. The molecule has 0 bridgehead atoms. The minimum atomic E-state index is -1.39. The molecule has 0 aliphatic carbocycles. The Balaban J connectivity index is 1.76. The molecule has 0 aliphatic heterocycles. The fourth-order valence-electron chi connectivity index (χ4n) is 5.27. The van der Waals surface area contributed by atoms with Crippen molar-refractivity contribution in [2.75, 3.05) is 0 Å². The number of aliphatic hydroxyl groups is 2. The zero-order valence-electron chi connectivity index (χ0n) is 20.1. The van der Waals surface area contributed by atoms with Gasteiger partial charge in [-0.3, -0.25) is 0 Å². The van der Waals surface area contributed by atoms with E-state index in [-0.39, 0.29) is 6.42 Å². The number of benzene rings is 5. The molecule has 2 heteroatoms. The van der Waals surface area contributed by atoms with E-state index >= 15 is 0 Å². The van der Waals surface area contributed by atoms with E-state index in [2.05, 4.69) is 0 Å². The van der Waals surface area contributed by atoms with Crippen LogP contribution in [0.1, 0.15) is 40.2 Å². The highest BCUT2D eigenvalue weighted by Gasteiger charge is 2.46. The molecule has 0 amide bonds. The number of hydrogen-bond donors (Lipinski definition) is 2. The van der Waals surface area contributed by atoms with Crippen molar-refractivity contribution in [2.24, 2.45) is 0 Å². The molecule has 0 radical (unpaired) electrons. The smallest absolute Gasteiger partial charge is 0.122 e. The monoisotopic (exact) mass is 470 g/mol. The van der Waals surface area contributed by atoms with Gasteiger partial charge in [-0.1, -0.05) is 152 Å². The lowest BCUT2D eigenvalue weighted by Crippen LogP contribution is -2.40. The average molecular weight is 471 g/mol. The maximum Gasteiger partial charge on any atom is 0.122 e. The average Bonchev–Trinajstić information content (AvgIpc) is 2.97. The first-order valence-electron chi connectivity index (χ1n) is 12.3. The first-order valence-corrected chi connectivity index (χ1v) is 12.3. The molecule has 36 heavy (non-hydrogen) atoms. The van der Waals surface area contributed by atoms with Gasteiger partial charge in [0.25, 0.3) is 0 Å². The van der Waals surface area contributed by atoms with Gasteiger partial charge < -0.3 is 10.2 Å². The molecule has 1 atom stereocenters. The second kappa shape index (κ2) is 10.3. The van der Waals surface area contributed by atoms with Crippen LogP contribution < -0.4 is 0 Å². The lowest BCUT2D eigenvalue weighted by atomic mass is 9.66. The van der Waals surface area contributed by atoms with E-state index < -0.39 is 17.1 Å². The molecule has 0 heterocycles. The van der Waals surface area contributed by atoms with Gasteiger partial charge in [0, 0.05) is 5.92 Å². The normalized spacial score (nSPS) is 12.7. The quantitative estimate of drug-likeness (QED) is 0.255. The zero-order chi connectivity index (χ0) is 24.8. The van der Waals surface area contributed by atoms with E-state index in [4.69, 9.17) is 0 Å². The topological polar surface area (TPSA) is 40.5 Å². The summed E-state index contributed by atoms with van der Waals surface area (Å²) in [5.74, 6) is -0.464. The van der Waals surface area contributed by atoms with Crippen molar-refractivity contribution in [3.8, 4) is 0 Å². The fourth-order valence-corrected chi connectivity index (χ4v) is 5.27. The third-order valence-corrected chi connectivity index (χ3v) is 7.14. The van der Waals surface area contributed by atoms with Crippen LogP contribution in [0.4, 0.5) is 0 Å². The standard InChI is InChI=1S/C34H30O2/c35-33(28-18-8-2-9-19-28,29-20-10-3-11-21-29)26-32(27-16-6-1-7-17-27)34(36,30-22-12-4-13-23-30)31-24-14-5-15-25-31/h1-25,32,35-36H,26H2.